The van der Waals surface area contributed by atoms with Crippen molar-refractivity contribution >= 4 is 11.6 Å². The van der Waals surface area contributed by atoms with Gasteiger partial charge in [-0.15, -0.1) is 0 Å². The van der Waals surface area contributed by atoms with Crippen LogP contribution in [-0.4, -0.2) is 19.6 Å². The summed E-state index contributed by atoms with van der Waals surface area (Å²) in [7, 11) is 1.53. The third kappa shape index (κ3) is 4.24. The van der Waals surface area contributed by atoms with Crippen LogP contribution in [0, 0.1) is 0 Å². The van der Waals surface area contributed by atoms with Crippen molar-refractivity contribution in [1.82, 2.24) is 5.32 Å². The van der Waals surface area contributed by atoms with Crippen LogP contribution in [0.25, 0.3) is 0 Å². The van der Waals surface area contributed by atoms with Crippen molar-refractivity contribution < 1.29 is 9.53 Å². The van der Waals surface area contributed by atoms with Gasteiger partial charge >= 0.3 is 0 Å². The van der Waals surface area contributed by atoms with E-state index < -0.39 is 0 Å². The van der Waals surface area contributed by atoms with E-state index >= 15 is 0 Å². The molecular formula is C17H20N2O2. The van der Waals surface area contributed by atoms with E-state index in [1.165, 1.54) is 12.7 Å². The van der Waals surface area contributed by atoms with Crippen molar-refractivity contribution in [3.63, 3.8) is 0 Å². The van der Waals surface area contributed by atoms with E-state index in [2.05, 4.69) is 17.4 Å². The number of nitrogen functional groups attached to an aromatic ring is 1. The lowest BCUT2D eigenvalue weighted by Crippen LogP contribution is -2.25. The molecule has 0 radical (unpaired) electrons. The zero-order valence-corrected chi connectivity index (χ0v) is 12.1. The van der Waals surface area contributed by atoms with Crippen molar-refractivity contribution in [2.75, 3.05) is 19.4 Å². The number of nitrogens with one attached hydrogen (secondary N) is 1. The Morgan fingerprint density at radius 2 is 1.95 bits per heavy atom. The quantitative estimate of drug-likeness (QED) is 0.633. The lowest BCUT2D eigenvalue weighted by Gasteiger charge is -2.10. The molecular weight excluding hydrogens is 264 g/mol. The summed E-state index contributed by atoms with van der Waals surface area (Å²) < 4.78 is 5.18. The maximum atomic E-state index is 12.1. The van der Waals surface area contributed by atoms with Gasteiger partial charge in [0.2, 0.25) is 0 Å². The second-order valence-electron chi connectivity index (χ2n) is 4.80. The Hall–Kier alpha value is -2.49. The third-order valence-electron chi connectivity index (χ3n) is 3.24. The molecule has 21 heavy (non-hydrogen) atoms. The van der Waals surface area contributed by atoms with Crippen LogP contribution in [0.5, 0.6) is 5.75 Å². The smallest absolute Gasteiger partial charge is 0.255 e. The summed E-state index contributed by atoms with van der Waals surface area (Å²) in [5, 5.41) is 2.90. The number of carbonyl (C=O) groups is 1. The fraction of sp³-hybridized carbons (Fsp3) is 0.235. The van der Waals surface area contributed by atoms with E-state index in [1.54, 1.807) is 18.2 Å². The third-order valence-corrected chi connectivity index (χ3v) is 3.24. The number of rotatable bonds is 6. The average molecular weight is 284 g/mol. The standard InChI is InChI=1S/C17H20N2O2/c1-21-16-12-14(18)9-10-15(16)17(20)19-11-5-8-13-6-3-2-4-7-13/h2-4,6-7,9-10,12H,5,8,11,18H2,1H3,(H,19,20). The Bertz CT molecular complexity index is 597. The van der Waals surface area contributed by atoms with Crippen LogP contribution < -0.4 is 15.8 Å². The maximum Gasteiger partial charge on any atom is 0.255 e. The van der Waals surface area contributed by atoms with Gasteiger partial charge in [-0.05, 0) is 30.5 Å². The molecule has 2 rings (SSSR count). The summed E-state index contributed by atoms with van der Waals surface area (Å²) in [6.07, 6.45) is 1.84. The topological polar surface area (TPSA) is 64.3 Å². The second-order valence-corrected chi connectivity index (χ2v) is 4.80. The summed E-state index contributed by atoms with van der Waals surface area (Å²) in [6.45, 7) is 0.626. The van der Waals surface area contributed by atoms with Crippen LogP contribution in [0.4, 0.5) is 5.69 Å². The molecule has 0 aliphatic heterocycles. The van der Waals surface area contributed by atoms with Crippen molar-refractivity contribution in [3.8, 4) is 5.75 Å². The van der Waals surface area contributed by atoms with Crippen LogP contribution in [0.2, 0.25) is 0 Å². The summed E-state index contributed by atoms with van der Waals surface area (Å²) in [6, 6.07) is 15.2. The number of hydrogen-bond acceptors (Lipinski definition) is 3. The van der Waals surface area contributed by atoms with Crippen LogP contribution >= 0.6 is 0 Å². The molecule has 0 aromatic heterocycles. The molecule has 0 saturated carbocycles. The lowest BCUT2D eigenvalue weighted by molar-refractivity contribution is 0.0950. The van der Waals surface area contributed by atoms with E-state index in [-0.39, 0.29) is 5.91 Å². The van der Waals surface area contributed by atoms with Crippen molar-refractivity contribution in [3.05, 3.63) is 59.7 Å². The van der Waals surface area contributed by atoms with E-state index in [4.69, 9.17) is 10.5 Å². The predicted molar refractivity (Wildman–Crippen MR) is 84.5 cm³/mol. The van der Waals surface area contributed by atoms with Crippen LogP contribution in [0.3, 0.4) is 0 Å². The molecule has 0 atom stereocenters. The van der Waals surface area contributed by atoms with Gasteiger partial charge in [0.05, 0.1) is 12.7 Å². The number of ether oxygens (including phenoxy) is 1. The molecule has 4 heteroatoms. The molecule has 1 amide bonds. The zero-order valence-electron chi connectivity index (χ0n) is 12.1. The predicted octanol–water partition coefficient (Wildman–Crippen LogP) is 2.64. The first kappa shape index (κ1) is 14.9. The Labute approximate surface area is 124 Å². The summed E-state index contributed by atoms with van der Waals surface area (Å²) in [5.41, 5.74) is 8.03. The first-order chi connectivity index (χ1) is 10.2. The van der Waals surface area contributed by atoms with Gasteiger partial charge in [-0.3, -0.25) is 4.79 Å². The normalized spacial score (nSPS) is 10.1. The Kier molecular flexibility index (Phi) is 5.21. The van der Waals surface area contributed by atoms with Crippen molar-refractivity contribution in [2.24, 2.45) is 0 Å². The van der Waals surface area contributed by atoms with Gasteiger partial charge in [-0.1, -0.05) is 30.3 Å². The van der Waals surface area contributed by atoms with Crippen LogP contribution in [0.1, 0.15) is 22.3 Å². The average Bonchev–Trinajstić information content (AvgIpc) is 2.52. The molecule has 0 saturated heterocycles. The minimum absolute atomic E-state index is 0.139. The number of amides is 1. The van der Waals surface area contributed by atoms with E-state index in [9.17, 15) is 4.79 Å². The van der Waals surface area contributed by atoms with Crippen LogP contribution in [0.15, 0.2) is 48.5 Å². The first-order valence-electron chi connectivity index (χ1n) is 6.96. The number of carbonyl (C=O) groups excluding carboxylic acids is 1. The first-order valence-corrected chi connectivity index (χ1v) is 6.96. The summed E-state index contributed by atoms with van der Waals surface area (Å²) in [4.78, 5) is 12.1. The Morgan fingerprint density at radius 1 is 1.19 bits per heavy atom. The minimum atomic E-state index is -0.139. The van der Waals surface area contributed by atoms with E-state index in [1.807, 2.05) is 18.2 Å². The molecule has 4 nitrogen and oxygen atoms in total. The highest BCUT2D eigenvalue weighted by Gasteiger charge is 2.11. The Morgan fingerprint density at radius 3 is 2.67 bits per heavy atom. The Balaban J connectivity index is 1.85. The monoisotopic (exact) mass is 284 g/mol. The molecule has 0 bridgehead atoms. The molecule has 0 spiro atoms. The highest BCUT2D eigenvalue weighted by Crippen LogP contribution is 2.21. The number of benzene rings is 2. The highest BCUT2D eigenvalue weighted by atomic mass is 16.5. The van der Waals surface area contributed by atoms with E-state index in [0.29, 0.717) is 23.5 Å². The number of methoxy groups -OCH3 is 1. The van der Waals surface area contributed by atoms with Gasteiger partial charge in [-0.2, -0.15) is 0 Å². The largest absolute Gasteiger partial charge is 0.496 e. The highest BCUT2D eigenvalue weighted by molar-refractivity contribution is 5.97. The molecule has 2 aromatic carbocycles. The fourth-order valence-corrected chi connectivity index (χ4v) is 2.13. The number of anilines is 1. The minimum Gasteiger partial charge on any atom is -0.496 e. The maximum absolute atomic E-state index is 12.1. The van der Waals surface area contributed by atoms with Crippen molar-refractivity contribution in [2.45, 2.75) is 12.8 Å². The zero-order chi connectivity index (χ0) is 15.1. The summed E-state index contributed by atoms with van der Waals surface area (Å²) in [5.74, 6) is 0.357. The molecule has 2 aromatic rings. The molecule has 3 N–H and O–H groups in total. The van der Waals surface area contributed by atoms with Gasteiger partial charge in [-0.25, -0.2) is 0 Å². The molecule has 110 valence electrons. The van der Waals surface area contributed by atoms with Crippen LogP contribution in [-0.2, 0) is 6.42 Å². The number of nitrogens with two attached hydrogens (primary N) is 1. The summed E-state index contributed by atoms with van der Waals surface area (Å²) >= 11 is 0. The van der Waals surface area contributed by atoms with E-state index in [0.717, 1.165) is 12.8 Å². The molecule has 0 aliphatic carbocycles. The molecule has 0 fully saturated rings. The number of aryl methyl sites for hydroxylation is 1. The van der Waals surface area contributed by atoms with Gasteiger partial charge < -0.3 is 15.8 Å². The molecule has 0 unspecified atom stereocenters. The van der Waals surface area contributed by atoms with Gasteiger partial charge in [0.25, 0.3) is 5.91 Å². The van der Waals surface area contributed by atoms with Gasteiger partial charge in [0.1, 0.15) is 5.75 Å². The lowest BCUT2D eigenvalue weighted by atomic mass is 10.1. The van der Waals surface area contributed by atoms with Gasteiger partial charge in [0, 0.05) is 18.3 Å². The van der Waals surface area contributed by atoms with Gasteiger partial charge in [0.15, 0.2) is 0 Å². The number of hydrogen-bond donors (Lipinski definition) is 2. The fourth-order valence-electron chi connectivity index (χ4n) is 2.13. The molecule has 0 heterocycles. The molecule has 0 aliphatic rings. The second kappa shape index (κ2) is 7.33. The van der Waals surface area contributed by atoms with Crippen molar-refractivity contribution in [1.29, 1.82) is 0 Å². The SMILES string of the molecule is COc1cc(N)ccc1C(=O)NCCCc1ccccc1.